The second kappa shape index (κ2) is 11.2. The number of rotatable bonds is 10. The van der Waals surface area contributed by atoms with Gasteiger partial charge in [-0.15, -0.1) is 0 Å². The van der Waals surface area contributed by atoms with Gasteiger partial charge in [-0.3, -0.25) is 14.8 Å². The number of benzene rings is 2. The van der Waals surface area contributed by atoms with E-state index in [2.05, 4.69) is 19.5 Å². The lowest BCUT2D eigenvalue weighted by Crippen LogP contribution is -2.48. The number of aromatic nitrogens is 1. The number of hydrogen-bond acceptors (Lipinski definition) is 8. The van der Waals surface area contributed by atoms with Crippen LogP contribution in [-0.4, -0.2) is 83.8 Å². The van der Waals surface area contributed by atoms with E-state index in [0.717, 1.165) is 43.7 Å². The molecule has 0 aliphatic carbocycles. The lowest BCUT2D eigenvalue weighted by atomic mass is 10.1. The first-order valence-electron chi connectivity index (χ1n) is 11.5. The van der Waals surface area contributed by atoms with Crippen molar-refractivity contribution in [2.75, 3.05) is 60.6 Å². The number of piperazine rings is 1. The Morgan fingerprint density at radius 2 is 1.66 bits per heavy atom. The van der Waals surface area contributed by atoms with Crippen molar-refractivity contribution in [2.24, 2.45) is 0 Å². The van der Waals surface area contributed by atoms with Crippen LogP contribution in [0.3, 0.4) is 0 Å². The number of sulfonamides is 1. The van der Waals surface area contributed by atoms with Gasteiger partial charge in [-0.1, -0.05) is 18.2 Å². The van der Waals surface area contributed by atoms with E-state index in [9.17, 15) is 8.42 Å². The Hall–Kier alpha value is -2.92. The summed E-state index contributed by atoms with van der Waals surface area (Å²) in [5.74, 6) is 1.93. The number of pyridine rings is 1. The van der Waals surface area contributed by atoms with Gasteiger partial charge in [0.2, 0.25) is 15.8 Å². The molecule has 1 saturated heterocycles. The van der Waals surface area contributed by atoms with Gasteiger partial charge in [-0.25, -0.2) is 13.1 Å². The summed E-state index contributed by atoms with van der Waals surface area (Å²) in [6.07, 6.45) is 3.28. The monoisotopic (exact) mass is 500 g/mol. The molecule has 1 fully saturated rings. The molecule has 0 atom stereocenters. The van der Waals surface area contributed by atoms with Crippen molar-refractivity contribution in [3.63, 3.8) is 0 Å². The highest BCUT2D eigenvalue weighted by Gasteiger charge is 2.22. The van der Waals surface area contributed by atoms with Gasteiger partial charge >= 0.3 is 0 Å². The minimum Gasteiger partial charge on any atom is -0.493 e. The molecular formula is C25H32N4O5S. The van der Waals surface area contributed by atoms with Crippen LogP contribution in [0.25, 0.3) is 10.8 Å². The molecule has 0 amide bonds. The third-order valence-electron chi connectivity index (χ3n) is 6.29. The van der Waals surface area contributed by atoms with E-state index in [1.54, 1.807) is 51.9 Å². The summed E-state index contributed by atoms with van der Waals surface area (Å²) in [7, 11) is 1.24. The maximum Gasteiger partial charge on any atom is 0.241 e. The first-order valence-corrected chi connectivity index (χ1v) is 13.0. The van der Waals surface area contributed by atoms with Crippen LogP contribution in [0, 0.1) is 0 Å². The zero-order valence-electron chi connectivity index (χ0n) is 20.4. The molecule has 35 heavy (non-hydrogen) atoms. The van der Waals surface area contributed by atoms with Crippen molar-refractivity contribution >= 4 is 20.8 Å². The van der Waals surface area contributed by atoms with Crippen LogP contribution in [-0.2, 0) is 16.6 Å². The van der Waals surface area contributed by atoms with Crippen LogP contribution in [0.5, 0.6) is 17.2 Å². The molecule has 1 aromatic heterocycles. The van der Waals surface area contributed by atoms with Gasteiger partial charge in [0.15, 0.2) is 11.5 Å². The molecular weight excluding hydrogens is 468 g/mol. The van der Waals surface area contributed by atoms with Crippen LogP contribution in [0.4, 0.5) is 0 Å². The summed E-state index contributed by atoms with van der Waals surface area (Å²) in [6, 6.07) is 10.9. The quantitative estimate of drug-likeness (QED) is 0.454. The van der Waals surface area contributed by atoms with Crippen molar-refractivity contribution in [3.05, 3.63) is 54.4 Å². The highest BCUT2D eigenvalue weighted by molar-refractivity contribution is 7.89. The first-order chi connectivity index (χ1) is 17.0. The summed E-state index contributed by atoms with van der Waals surface area (Å²) in [4.78, 5) is 8.99. The summed E-state index contributed by atoms with van der Waals surface area (Å²) in [5.41, 5.74) is 1.04. The minimum atomic E-state index is -3.61. The summed E-state index contributed by atoms with van der Waals surface area (Å²) < 4.78 is 45.1. The number of nitrogens with zero attached hydrogens (tertiary/aromatic N) is 3. The van der Waals surface area contributed by atoms with E-state index in [-0.39, 0.29) is 4.90 Å². The maximum absolute atomic E-state index is 12.9. The van der Waals surface area contributed by atoms with Gasteiger partial charge in [0.05, 0.1) is 26.2 Å². The summed E-state index contributed by atoms with van der Waals surface area (Å²) >= 11 is 0. The van der Waals surface area contributed by atoms with E-state index in [1.807, 2.05) is 18.2 Å². The van der Waals surface area contributed by atoms with Crippen LogP contribution in [0.1, 0.15) is 5.56 Å². The standard InChI is InChI=1S/C25H32N4O5S/c1-32-22-8-7-20(24(33-2)25(22)34-3)18-29-15-13-28(14-16-29)12-11-27-35(30,31)23-6-4-5-19-17-26-10-9-21(19)23/h4-10,17,27H,11-16,18H2,1-3H3. The second-order valence-electron chi connectivity index (χ2n) is 8.36. The normalized spacial score (nSPS) is 15.3. The van der Waals surface area contributed by atoms with E-state index in [4.69, 9.17) is 14.2 Å². The topological polar surface area (TPSA) is 93.2 Å². The van der Waals surface area contributed by atoms with E-state index < -0.39 is 10.0 Å². The van der Waals surface area contributed by atoms with E-state index in [1.165, 1.54) is 0 Å². The fourth-order valence-corrected chi connectivity index (χ4v) is 5.69. The van der Waals surface area contributed by atoms with E-state index >= 15 is 0 Å². The molecule has 1 aliphatic rings. The Morgan fingerprint density at radius 3 is 2.37 bits per heavy atom. The average Bonchev–Trinajstić information content (AvgIpc) is 2.88. The minimum absolute atomic E-state index is 0.283. The number of ether oxygens (including phenoxy) is 3. The Balaban J connectivity index is 1.30. The molecule has 2 aromatic carbocycles. The smallest absolute Gasteiger partial charge is 0.241 e. The largest absolute Gasteiger partial charge is 0.493 e. The van der Waals surface area contributed by atoms with Gasteiger partial charge in [-0.05, 0) is 18.2 Å². The second-order valence-corrected chi connectivity index (χ2v) is 10.1. The van der Waals surface area contributed by atoms with Crippen molar-refractivity contribution < 1.29 is 22.6 Å². The summed E-state index contributed by atoms with van der Waals surface area (Å²) in [6.45, 7) is 5.21. The fourth-order valence-electron chi connectivity index (χ4n) is 4.44. The van der Waals surface area contributed by atoms with Gasteiger partial charge < -0.3 is 14.2 Å². The Morgan fingerprint density at radius 1 is 0.914 bits per heavy atom. The molecule has 3 aromatic rings. The molecule has 0 unspecified atom stereocenters. The van der Waals surface area contributed by atoms with E-state index in [0.29, 0.717) is 35.7 Å². The van der Waals surface area contributed by atoms with Crippen LogP contribution in [0.15, 0.2) is 53.7 Å². The highest BCUT2D eigenvalue weighted by Crippen LogP contribution is 2.40. The van der Waals surface area contributed by atoms with Crippen molar-refractivity contribution in [3.8, 4) is 17.2 Å². The molecule has 188 valence electrons. The van der Waals surface area contributed by atoms with Crippen LogP contribution < -0.4 is 18.9 Å². The number of nitrogens with one attached hydrogen (secondary N) is 1. The third-order valence-corrected chi connectivity index (χ3v) is 7.81. The number of fused-ring (bicyclic) bond motifs is 1. The molecule has 0 bridgehead atoms. The van der Waals surface area contributed by atoms with Gasteiger partial charge in [-0.2, -0.15) is 0 Å². The molecule has 2 heterocycles. The zero-order valence-corrected chi connectivity index (χ0v) is 21.2. The third kappa shape index (κ3) is 5.67. The molecule has 9 nitrogen and oxygen atoms in total. The average molecular weight is 501 g/mol. The molecule has 10 heteroatoms. The molecule has 0 saturated carbocycles. The first kappa shape index (κ1) is 25.2. The molecule has 1 aliphatic heterocycles. The van der Waals surface area contributed by atoms with Gasteiger partial charge in [0, 0.05) is 74.5 Å². The van der Waals surface area contributed by atoms with Gasteiger partial charge in [0.25, 0.3) is 0 Å². The van der Waals surface area contributed by atoms with Crippen molar-refractivity contribution in [1.29, 1.82) is 0 Å². The predicted octanol–water partition coefficient (Wildman–Crippen LogP) is 2.36. The zero-order chi connectivity index (χ0) is 24.8. The molecule has 4 rings (SSSR count). The van der Waals surface area contributed by atoms with Crippen LogP contribution in [0.2, 0.25) is 0 Å². The van der Waals surface area contributed by atoms with Crippen molar-refractivity contribution in [2.45, 2.75) is 11.4 Å². The Bertz CT molecular complexity index is 1250. The van der Waals surface area contributed by atoms with Crippen molar-refractivity contribution in [1.82, 2.24) is 19.5 Å². The fraction of sp³-hybridized carbons (Fsp3) is 0.400. The van der Waals surface area contributed by atoms with Crippen LogP contribution >= 0.6 is 0 Å². The molecule has 1 N–H and O–H groups in total. The maximum atomic E-state index is 12.9. The Labute approximate surface area is 206 Å². The predicted molar refractivity (Wildman–Crippen MR) is 135 cm³/mol. The summed E-state index contributed by atoms with van der Waals surface area (Å²) in [5, 5.41) is 1.48. The molecule has 0 radical (unpaired) electrons. The SMILES string of the molecule is COc1ccc(CN2CCN(CCNS(=O)(=O)c3cccc4cnccc34)CC2)c(OC)c1OC. The number of methoxy groups -OCH3 is 3. The molecule has 0 spiro atoms. The van der Waals surface area contributed by atoms with Gasteiger partial charge in [0.1, 0.15) is 0 Å². The number of hydrogen-bond donors (Lipinski definition) is 1. The lowest BCUT2D eigenvalue weighted by molar-refractivity contribution is 0.128. The lowest BCUT2D eigenvalue weighted by Gasteiger charge is -2.35. The highest BCUT2D eigenvalue weighted by atomic mass is 32.2. The Kier molecular flexibility index (Phi) is 8.07.